The van der Waals surface area contributed by atoms with Crippen molar-refractivity contribution in [3.8, 4) is 5.88 Å². The molecule has 0 N–H and O–H groups in total. The van der Waals surface area contributed by atoms with Crippen LogP contribution >= 0.6 is 11.6 Å². The maximum atomic E-state index is 12.9. The molecule has 0 bridgehead atoms. The van der Waals surface area contributed by atoms with E-state index >= 15 is 0 Å². The van der Waals surface area contributed by atoms with Gasteiger partial charge in [-0.05, 0) is 30.5 Å². The molecule has 25 heavy (non-hydrogen) atoms. The monoisotopic (exact) mass is 358 g/mol. The van der Waals surface area contributed by atoms with E-state index in [9.17, 15) is 4.79 Å². The third kappa shape index (κ3) is 3.34. The number of anilines is 1. The molecule has 6 heteroatoms. The van der Waals surface area contributed by atoms with E-state index in [1.165, 1.54) is 11.8 Å². The first-order valence-electron chi connectivity index (χ1n) is 8.52. The molecule has 1 unspecified atom stereocenters. The van der Waals surface area contributed by atoms with Crippen LogP contribution in [0.2, 0.25) is 5.02 Å². The number of fused-ring (bicyclic) bond motifs is 1. The van der Waals surface area contributed by atoms with Gasteiger partial charge in [0, 0.05) is 24.8 Å². The molecule has 0 saturated carbocycles. The SMILES string of the molecule is O=C(c1cnc(OC2CCOC2)c(Cl)c1)N1CCCc2ccccc21. The van der Waals surface area contributed by atoms with Crippen LogP contribution in [0.15, 0.2) is 36.5 Å². The predicted octanol–water partition coefficient (Wildman–Crippen LogP) is 3.50. The Kier molecular flexibility index (Phi) is 4.59. The summed E-state index contributed by atoms with van der Waals surface area (Å²) in [5.74, 6) is 0.269. The number of rotatable bonds is 3. The molecule has 2 aromatic rings. The minimum Gasteiger partial charge on any atom is -0.471 e. The Morgan fingerprint density at radius 3 is 3.04 bits per heavy atom. The van der Waals surface area contributed by atoms with Gasteiger partial charge in [-0.15, -0.1) is 0 Å². The molecule has 1 aromatic heterocycles. The molecular formula is C19H19ClN2O3. The van der Waals surface area contributed by atoms with E-state index in [1.807, 2.05) is 18.2 Å². The van der Waals surface area contributed by atoms with Crippen LogP contribution in [-0.2, 0) is 11.2 Å². The zero-order valence-electron chi connectivity index (χ0n) is 13.8. The number of aromatic nitrogens is 1. The fraction of sp³-hybridized carbons (Fsp3) is 0.368. The Morgan fingerprint density at radius 1 is 1.36 bits per heavy atom. The molecule has 0 aliphatic carbocycles. The van der Waals surface area contributed by atoms with Gasteiger partial charge in [0.05, 0.1) is 18.8 Å². The maximum absolute atomic E-state index is 12.9. The number of benzene rings is 1. The molecule has 1 saturated heterocycles. The molecule has 0 spiro atoms. The van der Waals surface area contributed by atoms with Gasteiger partial charge in [-0.3, -0.25) is 4.79 Å². The van der Waals surface area contributed by atoms with E-state index < -0.39 is 0 Å². The zero-order chi connectivity index (χ0) is 17.2. The van der Waals surface area contributed by atoms with Gasteiger partial charge in [0.2, 0.25) is 5.88 Å². The first-order valence-corrected chi connectivity index (χ1v) is 8.90. The van der Waals surface area contributed by atoms with Gasteiger partial charge in [-0.25, -0.2) is 4.98 Å². The lowest BCUT2D eigenvalue weighted by Gasteiger charge is -2.29. The average molecular weight is 359 g/mol. The zero-order valence-corrected chi connectivity index (χ0v) is 14.5. The molecule has 2 aliphatic heterocycles. The Balaban J connectivity index is 1.56. The van der Waals surface area contributed by atoms with E-state index in [2.05, 4.69) is 11.1 Å². The van der Waals surface area contributed by atoms with Crippen molar-refractivity contribution in [1.82, 2.24) is 4.98 Å². The van der Waals surface area contributed by atoms with Crippen molar-refractivity contribution in [1.29, 1.82) is 0 Å². The summed E-state index contributed by atoms with van der Waals surface area (Å²) in [7, 11) is 0. The van der Waals surface area contributed by atoms with Crippen molar-refractivity contribution >= 4 is 23.2 Å². The van der Waals surface area contributed by atoms with Crippen LogP contribution in [0.1, 0.15) is 28.8 Å². The lowest BCUT2D eigenvalue weighted by molar-refractivity contribution is 0.0984. The predicted molar refractivity (Wildman–Crippen MR) is 95.5 cm³/mol. The highest BCUT2D eigenvalue weighted by Crippen LogP contribution is 2.30. The summed E-state index contributed by atoms with van der Waals surface area (Å²) in [6, 6.07) is 9.65. The quantitative estimate of drug-likeness (QED) is 0.842. The number of halogens is 1. The largest absolute Gasteiger partial charge is 0.471 e. The molecule has 1 atom stereocenters. The van der Waals surface area contributed by atoms with Crippen LogP contribution in [0.25, 0.3) is 0 Å². The van der Waals surface area contributed by atoms with Crippen molar-refractivity contribution in [2.24, 2.45) is 0 Å². The average Bonchev–Trinajstić information content (AvgIpc) is 3.15. The lowest BCUT2D eigenvalue weighted by atomic mass is 10.0. The van der Waals surface area contributed by atoms with E-state index in [-0.39, 0.29) is 12.0 Å². The Bertz CT molecular complexity index is 790. The molecule has 3 heterocycles. The molecule has 2 aliphatic rings. The van der Waals surface area contributed by atoms with E-state index in [4.69, 9.17) is 21.1 Å². The highest BCUT2D eigenvalue weighted by Gasteiger charge is 2.25. The van der Waals surface area contributed by atoms with Crippen LogP contribution in [-0.4, -0.2) is 36.8 Å². The molecule has 4 rings (SSSR count). The smallest absolute Gasteiger partial charge is 0.259 e. The molecule has 130 valence electrons. The van der Waals surface area contributed by atoms with Crippen LogP contribution in [0.3, 0.4) is 0 Å². The van der Waals surface area contributed by atoms with E-state index in [1.54, 1.807) is 11.0 Å². The van der Waals surface area contributed by atoms with Gasteiger partial charge in [0.15, 0.2) is 0 Å². The Hall–Kier alpha value is -2.11. The van der Waals surface area contributed by atoms with Gasteiger partial charge < -0.3 is 14.4 Å². The van der Waals surface area contributed by atoms with Crippen molar-refractivity contribution in [3.05, 3.63) is 52.7 Å². The summed E-state index contributed by atoms with van der Waals surface area (Å²) in [6.45, 7) is 1.93. The molecule has 1 amide bonds. The van der Waals surface area contributed by atoms with Gasteiger partial charge >= 0.3 is 0 Å². The summed E-state index contributed by atoms with van der Waals surface area (Å²) in [5, 5.41) is 0.350. The Labute approximate surface area is 151 Å². The van der Waals surface area contributed by atoms with Crippen molar-refractivity contribution in [3.63, 3.8) is 0 Å². The lowest BCUT2D eigenvalue weighted by Crippen LogP contribution is -2.35. The number of amides is 1. The highest BCUT2D eigenvalue weighted by atomic mass is 35.5. The van der Waals surface area contributed by atoms with Crippen molar-refractivity contribution in [2.45, 2.75) is 25.4 Å². The third-order valence-corrected chi connectivity index (χ3v) is 4.85. The Morgan fingerprint density at radius 2 is 2.24 bits per heavy atom. The standard InChI is InChI=1S/C19H19ClN2O3/c20-16-10-14(11-21-18(16)25-15-7-9-24-12-15)19(23)22-8-3-5-13-4-1-2-6-17(13)22/h1-2,4,6,10-11,15H,3,5,7-9,12H2. The fourth-order valence-electron chi connectivity index (χ4n) is 3.29. The molecule has 5 nitrogen and oxygen atoms in total. The number of ether oxygens (including phenoxy) is 2. The normalized spacial score (nSPS) is 19.6. The number of hydrogen-bond donors (Lipinski definition) is 0. The van der Waals surface area contributed by atoms with Crippen LogP contribution in [0, 0.1) is 0 Å². The van der Waals surface area contributed by atoms with Crippen LogP contribution < -0.4 is 9.64 Å². The molecule has 0 radical (unpaired) electrons. The summed E-state index contributed by atoms with van der Waals surface area (Å²) >= 11 is 6.29. The number of carbonyl (C=O) groups is 1. The van der Waals surface area contributed by atoms with Crippen LogP contribution in [0.4, 0.5) is 5.69 Å². The number of pyridine rings is 1. The number of nitrogens with zero attached hydrogens (tertiary/aromatic N) is 2. The van der Waals surface area contributed by atoms with Gasteiger partial charge in [-0.1, -0.05) is 29.8 Å². The van der Waals surface area contributed by atoms with Gasteiger partial charge in [-0.2, -0.15) is 0 Å². The second kappa shape index (κ2) is 7.02. The van der Waals surface area contributed by atoms with E-state index in [0.29, 0.717) is 36.2 Å². The fourth-order valence-corrected chi connectivity index (χ4v) is 3.50. The molecule has 1 aromatic carbocycles. The summed E-state index contributed by atoms with van der Waals surface area (Å²) in [6.07, 6.45) is 4.28. The number of carbonyl (C=O) groups excluding carboxylic acids is 1. The highest BCUT2D eigenvalue weighted by molar-refractivity contribution is 6.32. The first kappa shape index (κ1) is 16.4. The topological polar surface area (TPSA) is 51.7 Å². The maximum Gasteiger partial charge on any atom is 0.259 e. The van der Waals surface area contributed by atoms with Crippen molar-refractivity contribution < 1.29 is 14.3 Å². The minimum absolute atomic E-state index is 0.0273. The summed E-state index contributed by atoms with van der Waals surface area (Å²) < 4.78 is 11.0. The van der Waals surface area contributed by atoms with Crippen molar-refractivity contribution in [2.75, 3.05) is 24.7 Å². The second-order valence-corrected chi connectivity index (χ2v) is 6.71. The van der Waals surface area contributed by atoms with Gasteiger partial charge in [0.1, 0.15) is 11.1 Å². The number of hydrogen-bond acceptors (Lipinski definition) is 4. The number of aryl methyl sites for hydroxylation is 1. The minimum atomic E-state index is -0.0858. The van der Waals surface area contributed by atoms with Crippen LogP contribution in [0.5, 0.6) is 5.88 Å². The molecule has 1 fully saturated rings. The van der Waals surface area contributed by atoms with Gasteiger partial charge in [0.25, 0.3) is 5.91 Å². The van der Waals surface area contributed by atoms with E-state index in [0.717, 1.165) is 24.9 Å². The first-order chi connectivity index (χ1) is 12.2. The number of para-hydroxylation sites is 1. The third-order valence-electron chi connectivity index (χ3n) is 4.58. The second-order valence-electron chi connectivity index (χ2n) is 6.30. The molecular weight excluding hydrogens is 340 g/mol. The summed E-state index contributed by atoms with van der Waals surface area (Å²) in [5.41, 5.74) is 2.64. The summed E-state index contributed by atoms with van der Waals surface area (Å²) in [4.78, 5) is 19.0.